The monoisotopic (exact) mass is 1530 g/mol. The SMILES string of the molecule is CC1CCC(C(C)C)C(NC(=O)CN(CCN(CC(=O)NC2(c3ccc(N)cc3)CC(C)CCC2C(C)C)CC(=O)NC2(c3ccc(N)cc3)CC(C)CCC2C(C)C)CCN(CC(=O)NC2(c3ccc(N)cc3)CC(C)CCC2C(C)C)CC(=O)NC2(c3ccc(N)cc3)CC(C)CCC2C(C)C)(c2ccc(N)cc2)C1. The predicted octanol–water partition coefficient (Wildman–Crippen LogP) is 15.3. The molecule has 15 N–H and O–H groups in total. The first-order valence-electron chi connectivity index (χ1n) is 43.1. The molecule has 15 atom stereocenters. The summed E-state index contributed by atoms with van der Waals surface area (Å²) in [5, 5.41) is 18.7. The lowest BCUT2D eigenvalue weighted by Crippen LogP contribution is -2.60. The van der Waals surface area contributed by atoms with Crippen LogP contribution in [0, 0.1) is 88.8 Å². The van der Waals surface area contributed by atoms with E-state index in [1.807, 2.05) is 70.5 Å². The molecule has 10 rings (SSSR count). The highest BCUT2D eigenvalue weighted by atomic mass is 16.2. The maximum absolute atomic E-state index is 16.0. The number of rotatable bonds is 31. The number of amides is 5. The summed E-state index contributed by atoms with van der Waals surface area (Å²) in [5.74, 6) is 2.16. The molecule has 5 amide bonds. The number of benzene rings is 5. The van der Waals surface area contributed by atoms with Gasteiger partial charge in [-0.05, 0) is 241 Å². The van der Waals surface area contributed by atoms with Crippen molar-refractivity contribution >= 4 is 58.0 Å². The first-order valence-corrected chi connectivity index (χ1v) is 43.1. The van der Waals surface area contributed by atoms with Gasteiger partial charge in [-0.3, -0.25) is 38.7 Å². The molecule has 112 heavy (non-hydrogen) atoms. The van der Waals surface area contributed by atoms with Crippen LogP contribution >= 0.6 is 0 Å². The zero-order valence-electron chi connectivity index (χ0n) is 70.9. The number of hydrogen-bond donors (Lipinski definition) is 10. The van der Waals surface area contributed by atoms with E-state index in [0.717, 1.165) is 124 Å². The summed E-state index contributed by atoms with van der Waals surface area (Å²) in [6, 6.07) is 40.0. The average Bonchev–Trinajstić information content (AvgIpc) is 0.784. The van der Waals surface area contributed by atoms with Crippen molar-refractivity contribution in [3.05, 3.63) is 149 Å². The Morgan fingerprint density at radius 3 is 0.589 bits per heavy atom. The molecular weight excluding hydrogens is 1390 g/mol. The molecule has 18 heteroatoms. The van der Waals surface area contributed by atoms with Crippen molar-refractivity contribution in [2.75, 3.05) is 87.6 Å². The van der Waals surface area contributed by atoms with Crippen molar-refractivity contribution in [3.8, 4) is 0 Å². The fraction of sp³-hybridized carbons (Fsp3) is 0.628. The van der Waals surface area contributed by atoms with Crippen molar-refractivity contribution in [2.45, 2.75) is 228 Å². The third-order valence-corrected chi connectivity index (χ3v) is 27.6. The molecule has 0 saturated heterocycles. The van der Waals surface area contributed by atoms with E-state index in [9.17, 15) is 0 Å². The minimum Gasteiger partial charge on any atom is -0.399 e. The minimum absolute atomic E-state index is 0.0702. The molecule has 5 fully saturated rings. The van der Waals surface area contributed by atoms with E-state index in [4.69, 9.17) is 28.7 Å². The number of carbonyl (C=O) groups is 5. The second-order valence-electron chi connectivity index (χ2n) is 38.1. The van der Waals surface area contributed by atoms with E-state index in [2.05, 4.69) is 196 Å². The maximum atomic E-state index is 16.0. The van der Waals surface area contributed by atoms with E-state index in [1.165, 1.54) is 0 Å². The molecule has 15 unspecified atom stereocenters. The number of nitrogens with one attached hydrogen (secondary N) is 5. The number of hydrogen-bond acceptors (Lipinski definition) is 13. The molecule has 5 aromatic rings. The quantitative estimate of drug-likeness (QED) is 0.0185. The molecule has 0 radical (unpaired) electrons. The zero-order chi connectivity index (χ0) is 81.2. The molecule has 0 aliphatic heterocycles. The molecule has 5 aliphatic rings. The summed E-state index contributed by atoms with van der Waals surface area (Å²) in [6.07, 6.45) is 13.4. The van der Waals surface area contributed by atoms with Gasteiger partial charge >= 0.3 is 0 Å². The Bertz CT molecular complexity index is 3510. The fourth-order valence-electron chi connectivity index (χ4n) is 22.4. The van der Waals surface area contributed by atoms with E-state index >= 15 is 24.0 Å². The summed E-state index contributed by atoms with van der Waals surface area (Å²) in [7, 11) is 0. The third kappa shape index (κ3) is 20.3. The van der Waals surface area contributed by atoms with Gasteiger partial charge in [-0.1, -0.05) is 197 Å². The van der Waals surface area contributed by atoms with E-state index in [-0.39, 0.29) is 148 Å². The van der Waals surface area contributed by atoms with Crippen LogP contribution in [-0.2, 0) is 51.7 Å². The Morgan fingerprint density at radius 1 is 0.277 bits per heavy atom. The predicted molar refractivity (Wildman–Crippen MR) is 459 cm³/mol. The maximum Gasteiger partial charge on any atom is 0.234 e. The van der Waals surface area contributed by atoms with Gasteiger partial charge in [-0.2, -0.15) is 0 Å². The van der Waals surface area contributed by atoms with Crippen LogP contribution in [0.1, 0.15) is 228 Å². The molecule has 5 aromatic carbocycles. The second-order valence-corrected chi connectivity index (χ2v) is 38.1. The highest BCUT2D eigenvalue weighted by Gasteiger charge is 2.53. The molecular formula is C94H143N13O5. The molecule has 5 saturated carbocycles. The standard InChI is InChI=1S/C94H143N13O5/c1-60(2)80-41-16-65(11)50-90(80,70-21-31-75(95)32-22-70)100-85(108)55-105(46-48-106(56-86(109)101-91(71-23-33-76(96)34-24-71)51-66(12)17-42-81(91)61(3)4)57-87(110)102-92(72-25-35-77(97)36-26-72)52-67(13)18-43-82(92)62(5)6)47-49-107(58-88(111)103-93(73-27-37-78(98)38-28-73)53-68(14)19-44-83(93)63(7)8)59-89(112)104-94(74-29-39-79(99)40-30-74)54-69(15)20-45-84(94)64(9)10/h21-40,60-69,80-84H,16-20,41-59,95-99H2,1-15H3,(H,100,108)(H,101,109)(H,102,110)(H,103,111)(H,104,112). The van der Waals surface area contributed by atoms with Gasteiger partial charge in [0.25, 0.3) is 0 Å². The van der Waals surface area contributed by atoms with Crippen molar-refractivity contribution in [2.24, 2.45) is 88.8 Å². The van der Waals surface area contributed by atoms with Crippen molar-refractivity contribution in [1.29, 1.82) is 0 Å². The summed E-state index contributed by atoms with van der Waals surface area (Å²) >= 11 is 0. The lowest BCUT2D eigenvalue weighted by Gasteiger charge is -2.50. The Labute approximate surface area is 673 Å². The average molecular weight is 1540 g/mol. The van der Waals surface area contributed by atoms with Gasteiger partial charge in [0.15, 0.2) is 0 Å². The first-order chi connectivity index (χ1) is 53.1. The Hall–Kier alpha value is -7.67. The van der Waals surface area contributed by atoms with Gasteiger partial charge in [0.1, 0.15) is 0 Å². The Morgan fingerprint density at radius 2 is 0.429 bits per heavy atom. The van der Waals surface area contributed by atoms with Crippen LogP contribution in [-0.4, -0.2) is 103 Å². The molecule has 0 aromatic heterocycles. The Balaban J connectivity index is 1.07. The van der Waals surface area contributed by atoms with Gasteiger partial charge in [0.2, 0.25) is 29.5 Å². The highest BCUT2D eigenvalue weighted by molar-refractivity contribution is 5.84. The van der Waals surface area contributed by atoms with Gasteiger partial charge in [-0.15, -0.1) is 0 Å². The lowest BCUT2D eigenvalue weighted by atomic mass is 9.62. The van der Waals surface area contributed by atoms with Gasteiger partial charge in [-0.25, -0.2) is 0 Å². The number of carbonyl (C=O) groups excluding carboxylic acids is 5. The van der Waals surface area contributed by atoms with Crippen molar-refractivity contribution in [1.82, 2.24) is 41.3 Å². The Kier molecular flexibility index (Phi) is 28.9. The van der Waals surface area contributed by atoms with Gasteiger partial charge in [0, 0.05) is 54.6 Å². The van der Waals surface area contributed by atoms with Crippen LogP contribution < -0.4 is 55.3 Å². The van der Waals surface area contributed by atoms with Crippen LogP contribution in [0.3, 0.4) is 0 Å². The number of nitrogens with zero attached hydrogens (tertiary/aromatic N) is 3. The topological polar surface area (TPSA) is 285 Å². The van der Waals surface area contributed by atoms with Crippen LogP contribution in [0.5, 0.6) is 0 Å². The lowest BCUT2D eigenvalue weighted by molar-refractivity contribution is -0.131. The van der Waals surface area contributed by atoms with Crippen LogP contribution in [0.25, 0.3) is 0 Å². The summed E-state index contributed by atoms with van der Waals surface area (Å²) < 4.78 is 0. The molecule has 18 nitrogen and oxygen atoms in total. The second kappa shape index (κ2) is 37.3. The molecule has 614 valence electrons. The van der Waals surface area contributed by atoms with Crippen LogP contribution in [0.4, 0.5) is 28.4 Å². The van der Waals surface area contributed by atoms with E-state index in [1.54, 1.807) is 0 Å². The summed E-state index contributed by atoms with van der Waals surface area (Å²) in [5.41, 5.74) is 36.7. The number of nitrogen functional groups attached to an aromatic ring is 5. The third-order valence-electron chi connectivity index (χ3n) is 27.6. The smallest absolute Gasteiger partial charge is 0.234 e. The first kappa shape index (κ1) is 86.7. The van der Waals surface area contributed by atoms with Crippen LogP contribution in [0.15, 0.2) is 121 Å². The fourth-order valence-corrected chi connectivity index (χ4v) is 22.4. The normalized spacial score (nSPS) is 29.1. The number of anilines is 5. The van der Waals surface area contributed by atoms with Gasteiger partial charge < -0.3 is 55.3 Å². The van der Waals surface area contributed by atoms with Crippen molar-refractivity contribution < 1.29 is 24.0 Å². The zero-order valence-corrected chi connectivity index (χ0v) is 70.9. The largest absolute Gasteiger partial charge is 0.399 e. The number of nitrogens with two attached hydrogens (primary N) is 5. The highest BCUT2D eigenvalue weighted by Crippen LogP contribution is 2.53. The molecule has 0 bridgehead atoms. The minimum atomic E-state index is -0.738. The van der Waals surface area contributed by atoms with Crippen molar-refractivity contribution in [3.63, 3.8) is 0 Å². The van der Waals surface area contributed by atoms with E-state index in [0.29, 0.717) is 58.0 Å². The molecule has 0 heterocycles. The summed E-state index contributed by atoms with van der Waals surface area (Å²) in [4.78, 5) is 85.6. The van der Waals surface area contributed by atoms with E-state index < -0.39 is 27.7 Å². The molecule has 5 aliphatic carbocycles. The summed E-state index contributed by atoms with van der Waals surface area (Å²) in [6.45, 7) is 34.1. The molecule has 0 spiro atoms. The van der Waals surface area contributed by atoms with Gasteiger partial charge in [0.05, 0.1) is 60.4 Å². The van der Waals surface area contributed by atoms with Crippen LogP contribution in [0.2, 0.25) is 0 Å².